The molecule has 5 heteroatoms. The second kappa shape index (κ2) is 10.4. The summed E-state index contributed by atoms with van der Waals surface area (Å²) in [5.74, 6) is 0. The van der Waals surface area contributed by atoms with Crippen LogP contribution in [-0.2, 0) is 17.8 Å². The third kappa shape index (κ3) is 4.89. The molecule has 4 rings (SSSR count). The lowest BCUT2D eigenvalue weighted by Crippen LogP contribution is -2.25. The van der Waals surface area contributed by atoms with E-state index < -0.39 is 0 Å². The normalized spacial score (nSPS) is 11.5. The average Bonchev–Trinajstić information content (AvgIpc) is 2.89. The summed E-state index contributed by atoms with van der Waals surface area (Å²) in [7, 11) is 1.55. The third-order valence-electron chi connectivity index (χ3n) is 6.32. The van der Waals surface area contributed by atoms with Gasteiger partial charge in [0.25, 0.3) is 5.56 Å². The van der Waals surface area contributed by atoms with Crippen LogP contribution in [0, 0.1) is 18.3 Å². The van der Waals surface area contributed by atoms with Crippen molar-refractivity contribution in [2.24, 2.45) is 0 Å². The maximum atomic E-state index is 13.7. The van der Waals surface area contributed by atoms with Crippen LogP contribution < -0.4 is 11.0 Å². The molecule has 0 saturated carbocycles. The van der Waals surface area contributed by atoms with Crippen LogP contribution in [0.5, 0.6) is 0 Å². The van der Waals surface area contributed by atoms with E-state index in [-0.39, 0.29) is 5.56 Å². The van der Waals surface area contributed by atoms with Crippen molar-refractivity contribution in [3.63, 3.8) is 0 Å². The fraction of sp³-hybridized carbons (Fsp3) is 0.200. The molecule has 1 heterocycles. The third-order valence-corrected chi connectivity index (χ3v) is 6.32. The molecule has 0 unspecified atom stereocenters. The quantitative estimate of drug-likeness (QED) is 0.343. The summed E-state index contributed by atoms with van der Waals surface area (Å²) in [6.07, 6.45) is 2.74. The van der Waals surface area contributed by atoms with Gasteiger partial charge in [-0.15, -0.1) is 0 Å². The fourth-order valence-electron chi connectivity index (χ4n) is 4.44. The molecule has 0 amide bonds. The lowest BCUT2D eigenvalue weighted by atomic mass is 9.99. The Morgan fingerprint density at radius 2 is 1.80 bits per heavy atom. The van der Waals surface area contributed by atoms with Gasteiger partial charge in [0, 0.05) is 16.6 Å². The number of aromatic nitrogens is 1. The molecule has 0 fully saturated rings. The van der Waals surface area contributed by atoms with Crippen LogP contribution in [-0.4, -0.2) is 11.7 Å². The number of hydrogen-bond acceptors (Lipinski definition) is 4. The standard InChI is InChI=1S/C30H29N3O2/c1-5-22-12-15-26-21(3)28(16-20(2)32-35-4)30(34)33(29(26)17-22)19-23-10-13-24(14-11-23)27-9-7-6-8-25(27)18-31/h6-17,32H,5,19H2,1-4H3. The highest BCUT2D eigenvalue weighted by Gasteiger charge is 2.14. The Morgan fingerprint density at radius 1 is 1.09 bits per heavy atom. The highest BCUT2D eigenvalue weighted by molar-refractivity contribution is 5.86. The molecule has 0 atom stereocenters. The maximum absolute atomic E-state index is 13.7. The summed E-state index contributed by atoms with van der Waals surface area (Å²) in [5.41, 5.74) is 10.8. The lowest BCUT2D eigenvalue weighted by Gasteiger charge is -2.17. The molecule has 1 aromatic heterocycles. The first-order chi connectivity index (χ1) is 17.0. The number of nitriles is 1. The highest BCUT2D eigenvalue weighted by atomic mass is 16.6. The molecule has 0 spiro atoms. The Bertz CT molecular complexity index is 1510. The summed E-state index contributed by atoms with van der Waals surface area (Å²) in [6, 6.07) is 24.3. The topological polar surface area (TPSA) is 67.0 Å². The van der Waals surface area contributed by atoms with Gasteiger partial charge in [0.05, 0.1) is 30.8 Å². The van der Waals surface area contributed by atoms with Crippen LogP contribution in [0.25, 0.3) is 28.1 Å². The number of nitrogens with one attached hydrogen (secondary N) is 1. The average molecular weight is 464 g/mol. The first kappa shape index (κ1) is 24.0. The van der Waals surface area contributed by atoms with Crippen molar-refractivity contribution in [3.05, 3.63) is 111 Å². The summed E-state index contributed by atoms with van der Waals surface area (Å²) in [6.45, 7) is 6.42. The number of hydroxylamine groups is 1. The first-order valence-corrected chi connectivity index (χ1v) is 11.7. The van der Waals surface area contributed by atoms with E-state index in [0.29, 0.717) is 17.7 Å². The van der Waals surface area contributed by atoms with Crippen molar-refractivity contribution in [2.45, 2.75) is 33.7 Å². The summed E-state index contributed by atoms with van der Waals surface area (Å²) < 4.78 is 1.85. The number of aryl methyl sites for hydroxylation is 2. The van der Waals surface area contributed by atoms with Crippen molar-refractivity contribution in [1.29, 1.82) is 5.26 Å². The van der Waals surface area contributed by atoms with Crippen molar-refractivity contribution in [1.82, 2.24) is 10.0 Å². The molecule has 176 valence electrons. The maximum Gasteiger partial charge on any atom is 0.258 e. The number of pyridine rings is 1. The molecule has 4 aromatic rings. The Balaban J connectivity index is 1.83. The van der Waals surface area contributed by atoms with Gasteiger partial charge in [-0.25, -0.2) is 0 Å². The number of hydrogen-bond donors (Lipinski definition) is 1. The largest absolute Gasteiger partial charge is 0.303 e. The minimum atomic E-state index is -0.0422. The monoisotopic (exact) mass is 463 g/mol. The smallest absolute Gasteiger partial charge is 0.258 e. The Kier molecular flexibility index (Phi) is 7.14. The zero-order chi connectivity index (χ0) is 24.9. The van der Waals surface area contributed by atoms with Crippen molar-refractivity contribution in [2.75, 3.05) is 7.11 Å². The van der Waals surface area contributed by atoms with Crippen LogP contribution in [0.2, 0.25) is 0 Å². The van der Waals surface area contributed by atoms with Crippen molar-refractivity contribution in [3.8, 4) is 17.2 Å². The van der Waals surface area contributed by atoms with Gasteiger partial charge in [-0.05, 0) is 66.3 Å². The zero-order valence-corrected chi connectivity index (χ0v) is 20.6. The molecular weight excluding hydrogens is 434 g/mol. The van der Waals surface area contributed by atoms with Crippen LogP contribution in [0.3, 0.4) is 0 Å². The molecule has 0 aliphatic heterocycles. The summed E-state index contributed by atoms with van der Waals surface area (Å²) in [5, 5.41) is 10.5. The predicted molar refractivity (Wildman–Crippen MR) is 142 cm³/mol. The molecule has 5 nitrogen and oxygen atoms in total. The minimum Gasteiger partial charge on any atom is -0.303 e. The summed E-state index contributed by atoms with van der Waals surface area (Å²) >= 11 is 0. The van der Waals surface area contributed by atoms with Gasteiger partial charge in [0.1, 0.15) is 0 Å². The molecule has 0 aliphatic carbocycles. The van der Waals surface area contributed by atoms with Crippen LogP contribution in [0.15, 0.2) is 77.2 Å². The first-order valence-electron chi connectivity index (χ1n) is 11.7. The van der Waals surface area contributed by atoms with Crippen LogP contribution >= 0.6 is 0 Å². The van der Waals surface area contributed by atoms with E-state index in [1.807, 2.05) is 73.0 Å². The number of rotatable bonds is 7. The van der Waals surface area contributed by atoms with Gasteiger partial charge in [-0.2, -0.15) is 5.26 Å². The van der Waals surface area contributed by atoms with Crippen molar-refractivity contribution >= 4 is 17.0 Å². The van der Waals surface area contributed by atoms with Crippen LogP contribution in [0.1, 0.15) is 41.7 Å². The van der Waals surface area contributed by atoms with E-state index in [1.54, 1.807) is 7.11 Å². The molecule has 0 saturated heterocycles. The van der Waals surface area contributed by atoms with E-state index in [1.165, 1.54) is 5.56 Å². The SMILES string of the molecule is CCc1ccc2c(C)c(C=C(C)NOC)c(=O)n(Cc3ccc(-c4ccccc4C#N)cc3)c2c1. The predicted octanol–water partition coefficient (Wildman–Crippen LogP) is 5.97. The molecule has 0 radical (unpaired) electrons. The molecule has 3 aromatic carbocycles. The molecule has 35 heavy (non-hydrogen) atoms. The van der Waals surface area contributed by atoms with Gasteiger partial charge in [0.2, 0.25) is 0 Å². The van der Waals surface area contributed by atoms with E-state index in [4.69, 9.17) is 4.84 Å². The minimum absolute atomic E-state index is 0.0422. The number of fused-ring (bicyclic) bond motifs is 1. The van der Waals surface area contributed by atoms with Gasteiger partial charge in [-0.3, -0.25) is 15.1 Å². The summed E-state index contributed by atoms with van der Waals surface area (Å²) in [4.78, 5) is 18.7. The van der Waals surface area contributed by atoms with E-state index in [2.05, 4.69) is 36.7 Å². The number of nitrogens with zero attached hydrogens (tertiary/aromatic N) is 2. The molecule has 1 N–H and O–H groups in total. The van der Waals surface area contributed by atoms with E-state index in [0.717, 1.165) is 45.3 Å². The molecule has 0 bridgehead atoms. The number of benzene rings is 3. The fourth-order valence-corrected chi connectivity index (χ4v) is 4.44. The second-order valence-electron chi connectivity index (χ2n) is 8.62. The molecule has 0 aliphatic rings. The second-order valence-corrected chi connectivity index (χ2v) is 8.62. The van der Waals surface area contributed by atoms with E-state index >= 15 is 0 Å². The lowest BCUT2D eigenvalue weighted by molar-refractivity contribution is 0.119. The van der Waals surface area contributed by atoms with Gasteiger partial charge in [-0.1, -0.05) is 61.5 Å². The highest BCUT2D eigenvalue weighted by Crippen LogP contribution is 2.26. The van der Waals surface area contributed by atoms with Gasteiger partial charge < -0.3 is 4.57 Å². The van der Waals surface area contributed by atoms with E-state index in [9.17, 15) is 10.1 Å². The van der Waals surface area contributed by atoms with Gasteiger partial charge in [0.15, 0.2) is 0 Å². The van der Waals surface area contributed by atoms with Crippen molar-refractivity contribution < 1.29 is 4.84 Å². The van der Waals surface area contributed by atoms with Crippen LogP contribution in [0.4, 0.5) is 0 Å². The Morgan fingerprint density at radius 3 is 2.49 bits per heavy atom. The Labute approximate surface area is 205 Å². The number of allylic oxidation sites excluding steroid dienone is 1. The van der Waals surface area contributed by atoms with Gasteiger partial charge >= 0.3 is 0 Å². The zero-order valence-electron chi connectivity index (χ0n) is 20.6. The Hall–Kier alpha value is -4.14. The molecular formula is C30H29N3O2.